The maximum absolute atomic E-state index is 9.40. The molecule has 64 heavy (non-hydrogen) atoms. The minimum Gasteiger partial charge on any atom is -0.491 e. The molecule has 0 heterocycles. The van der Waals surface area contributed by atoms with Crippen LogP contribution in [0.5, 0.6) is 11.5 Å². The Morgan fingerprint density at radius 3 is 0.844 bits per heavy atom. The number of benzene rings is 6. The first kappa shape index (κ1) is 47.8. The van der Waals surface area contributed by atoms with Gasteiger partial charge in [-0.1, -0.05) is 145 Å². The number of allylic oxidation sites excluding steroid dienone is 3. The first-order valence-corrected chi connectivity index (χ1v) is 20.3. The van der Waals surface area contributed by atoms with Crippen molar-refractivity contribution in [2.24, 2.45) is 0 Å². The van der Waals surface area contributed by atoms with Gasteiger partial charge in [-0.3, -0.25) is 0 Å². The molecule has 0 radical (unpaired) electrons. The van der Waals surface area contributed by atoms with Crippen LogP contribution in [0.2, 0.25) is 0 Å². The smallest absolute Gasteiger partial charge is 0.270 e. The molecule has 0 fully saturated rings. The quantitative estimate of drug-likeness (QED) is 0.101. The molecule has 0 atom stereocenters. The Balaban J connectivity index is 0.000000215. The van der Waals surface area contributed by atoms with Gasteiger partial charge in [0.2, 0.25) is 0 Å². The second kappa shape index (κ2) is 24.4. The molecule has 6 aromatic rings. The van der Waals surface area contributed by atoms with E-state index >= 15 is 0 Å². The van der Waals surface area contributed by atoms with E-state index in [-0.39, 0.29) is 29.3 Å². The van der Waals surface area contributed by atoms with E-state index in [9.17, 15) is 10.5 Å². The normalized spacial score (nSPS) is 9.59. The molecule has 312 valence electrons. The van der Waals surface area contributed by atoms with Gasteiger partial charge in [0.25, 0.3) is 17.1 Å². The van der Waals surface area contributed by atoms with Gasteiger partial charge < -0.3 is 9.47 Å². The summed E-state index contributed by atoms with van der Waals surface area (Å²) in [7, 11) is 0. The molecule has 0 N–H and O–H groups in total. The first-order chi connectivity index (χ1) is 31.0. The Kier molecular flexibility index (Phi) is 18.2. The van der Waals surface area contributed by atoms with Crippen LogP contribution in [0.25, 0.3) is 31.3 Å². The molecule has 6 rings (SSSR count). The Hall–Kier alpha value is -8.92. The number of nitrogens with zero attached hydrogens (tertiary/aromatic N) is 6. The third kappa shape index (κ3) is 13.5. The van der Waals surface area contributed by atoms with Crippen molar-refractivity contribution in [2.45, 2.75) is 53.8 Å². The maximum Gasteiger partial charge on any atom is 0.270 e. The second-order valence-electron chi connectivity index (χ2n) is 14.7. The largest absolute Gasteiger partial charge is 0.491 e. The van der Waals surface area contributed by atoms with Crippen LogP contribution in [-0.4, -0.2) is 12.2 Å². The molecular formula is C56H46N6O2. The van der Waals surface area contributed by atoms with Crippen molar-refractivity contribution in [3.63, 3.8) is 0 Å². The van der Waals surface area contributed by atoms with Crippen molar-refractivity contribution in [3.05, 3.63) is 254 Å². The van der Waals surface area contributed by atoms with Crippen LogP contribution in [0.15, 0.2) is 175 Å². The van der Waals surface area contributed by atoms with Gasteiger partial charge in [0.1, 0.15) is 11.5 Å². The van der Waals surface area contributed by atoms with Gasteiger partial charge in [-0.25, -0.2) is 30.3 Å². The number of rotatable bonds is 10. The molecule has 8 nitrogen and oxygen atoms in total. The van der Waals surface area contributed by atoms with Gasteiger partial charge in [0.05, 0.1) is 50.1 Å². The van der Waals surface area contributed by atoms with E-state index in [4.69, 9.17) is 34.5 Å². The molecular weight excluding hydrogens is 789 g/mol. The van der Waals surface area contributed by atoms with Crippen LogP contribution in [0.3, 0.4) is 0 Å². The Morgan fingerprint density at radius 2 is 0.625 bits per heavy atom. The van der Waals surface area contributed by atoms with Crippen molar-refractivity contribution < 1.29 is 9.47 Å². The molecule has 0 aliphatic heterocycles. The van der Waals surface area contributed by atoms with Gasteiger partial charge in [-0.15, -0.1) is 0 Å². The highest BCUT2D eigenvalue weighted by Crippen LogP contribution is 2.32. The molecule has 0 amide bonds. The van der Waals surface area contributed by atoms with Crippen LogP contribution < -0.4 is 9.47 Å². The Labute approximate surface area is 377 Å². The fourth-order valence-corrected chi connectivity index (χ4v) is 6.33. The molecule has 6 aromatic carbocycles. The standard InChI is InChI=1S/C22H22N2O2.C18H14N2.C16H10N2/c1-15(2)25-19-10-6-17(7-11-19)22(21(14-23)24-5)18-8-12-20(13-9-18)26-16(3)4;1-13-4-8-15(9-5-13)18(17(12-19)20-3)16-10-6-14(2)7-11-16;1-18-15(12-17)16(13-8-4-2-5-9-13)14-10-6-3-7-11-14/h6-13,15-16H,1-4H3;4-11H,1-2H3;2-11H. The maximum atomic E-state index is 9.40. The van der Waals surface area contributed by atoms with E-state index in [0.29, 0.717) is 16.7 Å². The number of aryl methyl sites for hydroxylation is 2. The molecule has 0 aliphatic carbocycles. The molecule has 0 aromatic heterocycles. The minimum absolute atomic E-state index is 0.0556. The highest BCUT2D eigenvalue weighted by molar-refractivity contribution is 5.87. The lowest BCUT2D eigenvalue weighted by Crippen LogP contribution is -2.05. The third-order valence-electron chi connectivity index (χ3n) is 9.20. The zero-order valence-corrected chi connectivity index (χ0v) is 36.7. The average molecular weight is 835 g/mol. The zero-order valence-electron chi connectivity index (χ0n) is 36.7. The number of ether oxygens (including phenoxy) is 2. The predicted molar refractivity (Wildman–Crippen MR) is 254 cm³/mol. The highest BCUT2D eigenvalue weighted by Gasteiger charge is 2.15. The SMILES string of the molecule is [C-]#[N+]C(C#N)=C(c1ccc(C)cc1)c1ccc(C)cc1.[C-]#[N+]C(C#N)=C(c1ccc(OC(C)C)cc1)c1ccc(OC(C)C)cc1.[C-]#[N+]C(C#N)=C(c1ccccc1)c1ccccc1. The summed E-state index contributed by atoms with van der Waals surface area (Å²) in [5.74, 6) is 1.51. The summed E-state index contributed by atoms with van der Waals surface area (Å²) in [6, 6.07) is 55.7. The molecule has 0 saturated carbocycles. The summed E-state index contributed by atoms with van der Waals surface area (Å²) < 4.78 is 11.3. The van der Waals surface area contributed by atoms with Gasteiger partial charge in [0.15, 0.2) is 0 Å². The molecule has 0 saturated heterocycles. The number of hydrogen-bond acceptors (Lipinski definition) is 5. The topological polar surface area (TPSA) is 103 Å². The van der Waals surface area contributed by atoms with Gasteiger partial charge in [-0.05, 0) is 99.2 Å². The van der Waals surface area contributed by atoms with E-state index < -0.39 is 0 Å². The van der Waals surface area contributed by atoms with Gasteiger partial charge in [-0.2, -0.15) is 0 Å². The Morgan fingerprint density at radius 1 is 0.391 bits per heavy atom. The van der Waals surface area contributed by atoms with Crippen LogP contribution in [0.4, 0.5) is 0 Å². The van der Waals surface area contributed by atoms with E-state index in [1.165, 1.54) is 0 Å². The molecule has 0 bridgehead atoms. The minimum atomic E-state index is 0.0556. The van der Waals surface area contributed by atoms with Crippen LogP contribution in [0.1, 0.15) is 72.2 Å². The van der Waals surface area contributed by atoms with E-state index in [1.54, 1.807) is 0 Å². The summed E-state index contributed by atoms with van der Waals surface area (Å²) in [5, 5.41) is 27.7. The monoisotopic (exact) mass is 834 g/mol. The zero-order chi connectivity index (χ0) is 46.4. The van der Waals surface area contributed by atoms with Gasteiger partial charge >= 0.3 is 0 Å². The predicted octanol–water partition coefficient (Wildman–Crippen LogP) is 13.9. The van der Waals surface area contributed by atoms with Crippen LogP contribution in [0, 0.1) is 67.6 Å². The van der Waals surface area contributed by atoms with Crippen molar-refractivity contribution in [1.82, 2.24) is 0 Å². The summed E-state index contributed by atoms with van der Waals surface area (Å²) >= 11 is 0. The second-order valence-corrected chi connectivity index (χ2v) is 14.7. The van der Waals surface area contributed by atoms with Crippen molar-refractivity contribution in [1.29, 1.82) is 15.8 Å². The summed E-state index contributed by atoms with van der Waals surface area (Å²) in [5.41, 5.74) is 9.75. The van der Waals surface area contributed by atoms with Gasteiger partial charge in [0, 0.05) is 16.7 Å². The lowest BCUT2D eigenvalue weighted by Gasteiger charge is -2.14. The van der Waals surface area contributed by atoms with E-state index in [1.807, 2.05) is 217 Å². The Bertz CT molecular complexity index is 2660. The highest BCUT2D eigenvalue weighted by atomic mass is 16.5. The lowest BCUT2D eigenvalue weighted by atomic mass is 9.95. The fourth-order valence-electron chi connectivity index (χ4n) is 6.33. The number of nitriles is 3. The lowest BCUT2D eigenvalue weighted by molar-refractivity contribution is 0.242. The molecule has 0 aliphatic rings. The van der Waals surface area contributed by atoms with E-state index in [0.717, 1.165) is 56.0 Å². The number of hydrogen-bond donors (Lipinski definition) is 0. The fraction of sp³-hybridized carbons (Fsp3) is 0.143. The molecule has 0 spiro atoms. The van der Waals surface area contributed by atoms with Crippen LogP contribution in [-0.2, 0) is 0 Å². The van der Waals surface area contributed by atoms with Crippen molar-refractivity contribution in [2.75, 3.05) is 0 Å². The average Bonchev–Trinajstić information content (AvgIpc) is 3.31. The van der Waals surface area contributed by atoms with Crippen molar-refractivity contribution >= 4 is 16.7 Å². The summed E-state index contributed by atoms with van der Waals surface area (Å²) in [6.45, 7) is 33.6. The molecule has 0 unspecified atom stereocenters. The van der Waals surface area contributed by atoms with Crippen LogP contribution >= 0.6 is 0 Å². The summed E-state index contributed by atoms with van der Waals surface area (Å²) in [6.07, 6.45) is 0.171. The first-order valence-electron chi connectivity index (χ1n) is 20.3. The third-order valence-corrected chi connectivity index (χ3v) is 9.20. The molecule has 8 heteroatoms. The van der Waals surface area contributed by atoms with E-state index in [2.05, 4.69) is 14.5 Å². The summed E-state index contributed by atoms with van der Waals surface area (Å²) in [4.78, 5) is 10.1. The van der Waals surface area contributed by atoms with Crippen molar-refractivity contribution in [3.8, 4) is 29.7 Å².